The zero-order valence-electron chi connectivity index (χ0n) is 10.5. The monoisotopic (exact) mass is 235 g/mol. The van der Waals surface area contributed by atoms with Crippen LogP contribution in [0.2, 0.25) is 0 Å². The van der Waals surface area contributed by atoms with Gasteiger partial charge in [0, 0.05) is 0 Å². The van der Waals surface area contributed by atoms with Gasteiger partial charge in [0.1, 0.15) is 5.75 Å². The van der Waals surface area contributed by atoms with Crippen molar-refractivity contribution in [3.63, 3.8) is 0 Å². The first-order valence-electron chi connectivity index (χ1n) is 6.33. The summed E-state index contributed by atoms with van der Waals surface area (Å²) in [7, 11) is 0. The third-order valence-electron chi connectivity index (χ3n) is 3.68. The SMILES string of the molecule is Cc1cc(O)c(N[C@H]2CCCC[C@@H]2O)cc1C. The van der Waals surface area contributed by atoms with Gasteiger partial charge in [0.15, 0.2) is 0 Å². The van der Waals surface area contributed by atoms with Crippen LogP contribution in [0, 0.1) is 13.8 Å². The summed E-state index contributed by atoms with van der Waals surface area (Å²) in [6.07, 6.45) is 3.75. The van der Waals surface area contributed by atoms with Gasteiger partial charge in [-0.25, -0.2) is 0 Å². The zero-order valence-corrected chi connectivity index (χ0v) is 10.5. The Morgan fingerprint density at radius 2 is 1.76 bits per heavy atom. The second-order valence-corrected chi connectivity index (χ2v) is 5.06. The molecule has 3 nitrogen and oxygen atoms in total. The molecule has 0 radical (unpaired) electrons. The molecule has 2 atom stereocenters. The third-order valence-corrected chi connectivity index (χ3v) is 3.68. The van der Waals surface area contributed by atoms with Crippen molar-refractivity contribution in [2.75, 3.05) is 5.32 Å². The molecule has 0 bridgehead atoms. The number of aromatic hydroxyl groups is 1. The minimum Gasteiger partial charge on any atom is -0.506 e. The Hall–Kier alpha value is -1.22. The number of phenolic OH excluding ortho intramolecular Hbond substituents is 1. The predicted molar refractivity (Wildman–Crippen MR) is 69.5 cm³/mol. The van der Waals surface area contributed by atoms with Crippen molar-refractivity contribution in [1.82, 2.24) is 0 Å². The Bertz CT molecular complexity index is 403. The van der Waals surface area contributed by atoms with Crippen LogP contribution in [0.15, 0.2) is 12.1 Å². The van der Waals surface area contributed by atoms with Crippen LogP contribution < -0.4 is 5.32 Å². The third kappa shape index (κ3) is 2.72. The smallest absolute Gasteiger partial charge is 0.138 e. The van der Waals surface area contributed by atoms with Crippen molar-refractivity contribution in [2.24, 2.45) is 0 Å². The van der Waals surface area contributed by atoms with Gasteiger partial charge < -0.3 is 15.5 Å². The summed E-state index contributed by atoms with van der Waals surface area (Å²) in [4.78, 5) is 0. The van der Waals surface area contributed by atoms with Gasteiger partial charge in [0.25, 0.3) is 0 Å². The summed E-state index contributed by atoms with van der Waals surface area (Å²) in [5, 5.41) is 23.1. The maximum absolute atomic E-state index is 9.90. The number of anilines is 1. The van der Waals surface area contributed by atoms with E-state index in [1.54, 1.807) is 6.07 Å². The van der Waals surface area contributed by atoms with E-state index in [2.05, 4.69) is 5.32 Å². The number of aryl methyl sites for hydroxylation is 2. The molecule has 0 saturated heterocycles. The number of hydrogen-bond donors (Lipinski definition) is 3. The lowest BCUT2D eigenvalue weighted by Gasteiger charge is -2.29. The standard InChI is InChI=1S/C14H21NO2/c1-9-7-12(14(17)8-10(9)2)15-11-5-3-4-6-13(11)16/h7-8,11,13,15-17H,3-6H2,1-2H3/t11-,13-/m0/s1. The van der Waals surface area contributed by atoms with E-state index in [9.17, 15) is 10.2 Å². The fourth-order valence-corrected chi connectivity index (χ4v) is 2.40. The highest BCUT2D eigenvalue weighted by atomic mass is 16.3. The van der Waals surface area contributed by atoms with Crippen LogP contribution in [0.5, 0.6) is 5.75 Å². The van der Waals surface area contributed by atoms with E-state index in [0.717, 1.165) is 42.5 Å². The van der Waals surface area contributed by atoms with Crippen molar-refractivity contribution in [3.8, 4) is 5.75 Å². The minimum absolute atomic E-state index is 0.0664. The molecule has 0 aliphatic heterocycles. The van der Waals surface area contributed by atoms with E-state index in [0.29, 0.717) is 0 Å². The molecule has 0 heterocycles. The second kappa shape index (κ2) is 4.96. The van der Waals surface area contributed by atoms with E-state index in [-0.39, 0.29) is 17.9 Å². The highest BCUT2D eigenvalue weighted by Gasteiger charge is 2.23. The lowest BCUT2D eigenvalue weighted by Crippen LogP contribution is -2.36. The highest BCUT2D eigenvalue weighted by molar-refractivity contribution is 5.59. The number of hydrogen-bond acceptors (Lipinski definition) is 3. The van der Waals surface area contributed by atoms with Gasteiger partial charge in [-0.1, -0.05) is 12.8 Å². The number of aliphatic hydroxyl groups excluding tert-OH is 1. The molecule has 17 heavy (non-hydrogen) atoms. The number of benzene rings is 1. The van der Waals surface area contributed by atoms with E-state index in [1.165, 1.54) is 0 Å². The van der Waals surface area contributed by atoms with Crippen LogP contribution >= 0.6 is 0 Å². The molecule has 1 aromatic rings. The highest BCUT2D eigenvalue weighted by Crippen LogP contribution is 2.30. The van der Waals surface area contributed by atoms with Crippen LogP contribution in [0.4, 0.5) is 5.69 Å². The molecule has 1 aliphatic carbocycles. The maximum atomic E-state index is 9.90. The topological polar surface area (TPSA) is 52.5 Å². The molecular weight excluding hydrogens is 214 g/mol. The molecule has 1 aromatic carbocycles. The lowest BCUT2D eigenvalue weighted by atomic mass is 9.92. The van der Waals surface area contributed by atoms with Crippen molar-refractivity contribution in [1.29, 1.82) is 0 Å². The summed E-state index contributed by atoms with van der Waals surface area (Å²) in [5.41, 5.74) is 2.96. The summed E-state index contributed by atoms with van der Waals surface area (Å²) in [6, 6.07) is 3.79. The predicted octanol–water partition coefficient (Wildman–Crippen LogP) is 2.72. The molecule has 1 saturated carbocycles. The Balaban J connectivity index is 2.15. The largest absolute Gasteiger partial charge is 0.506 e. The number of phenols is 1. The molecule has 3 N–H and O–H groups in total. The van der Waals surface area contributed by atoms with Gasteiger partial charge in [-0.2, -0.15) is 0 Å². The summed E-state index contributed by atoms with van der Waals surface area (Å²) in [6.45, 7) is 4.01. The van der Waals surface area contributed by atoms with E-state index >= 15 is 0 Å². The molecule has 0 amide bonds. The van der Waals surface area contributed by atoms with Gasteiger partial charge in [0.2, 0.25) is 0 Å². The van der Waals surface area contributed by atoms with E-state index in [4.69, 9.17) is 0 Å². The molecule has 0 aromatic heterocycles. The summed E-state index contributed by atoms with van der Waals surface area (Å²) >= 11 is 0. The molecular formula is C14H21NO2. The van der Waals surface area contributed by atoms with Gasteiger partial charge in [-0.3, -0.25) is 0 Å². The number of nitrogens with one attached hydrogen (secondary N) is 1. The first kappa shape index (κ1) is 12.2. The minimum atomic E-state index is -0.301. The van der Waals surface area contributed by atoms with Crippen LogP contribution in [0.25, 0.3) is 0 Å². The molecule has 3 heteroatoms. The number of rotatable bonds is 2. The van der Waals surface area contributed by atoms with Crippen molar-refractivity contribution in [2.45, 2.75) is 51.7 Å². The lowest BCUT2D eigenvalue weighted by molar-refractivity contribution is 0.116. The van der Waals surface area contributed by atoms with Gasteiger partial charge >= 0.3 is 0 Å². The molecule has 1 fully saturated rings. The number of aliphatic hydroxyl groups is 1. The molecule has 0 spiro atoms. The Kier molecular flexibility index (Phi) is 3.57. The fourth-order valence-electron chi connectivity index (χ4n) is 2.40. The van der Waals surface area contributed by atoms with Gasteiger partial charge in [-0.05, 0) is 49.9 Å². The van der Waals surface area contributed by atoms with Crippen molar-refractivity contribution < 1.29 is 10.2 Å². The average Bonchev–Trinajstić information content (AvgIpc) is 2.29. The molecule has 94 valence electrons. The zero-order chi connectivity index (χ0) is 12.4. The van der Waals surface area contributed by atoms with Crippen LogP contribution in [0.1, 0.15) is 36.8 Å². The first-order valence-corrected chi connectivity index (χ1v) is 6.33. The molecule has 2 rings (SSSR count). The van der Waals surface area contributed by atoms with Crippen LogP contribution in [0.3, 0.4) is 0 Å². The Labute approximate surface area is 102 Å². The van der Waals surface area contributed by atoms with Crippen LogP contribution in [-0.2, 0) is 0 Å². The molecule has 0 unspecified atom stereocenters. The van der Waals surface area contributed by atoms with Gasteiger partial charge in [0.05, 0.1) is 17.8 Å². The quantitative estimate of drug-likeness (QED) is 0.691. The van der Waals surface area contributed by atoms with Gasteiger partial charge in [-0.15, -0.1) is 0 Å². The Morgan fingerprint density at radius 1 is 1.12 bits per heavy atom. The van der Waals surface area contributed by atoms with Crippen molar-refractivity contribution >= 4 is 5.69 Å². The van der Waals surface area contributed by atoms with E-state index < -0.39 is 0 Å². The average molecular weight is 235 g/mol. The normalized spacial score (nSPS) is 24.6. The summed E-state index contributed by atoms with van der Waals surface area (Å²) in [5.74, 6) is 0.269. The second-order valence-electron chi connectivity index (χ2n) is 5.06. The molecule has 1 aliphatic rings. The van der Waals surface area contributed by atoms with Crippen LogP contribution in [-0.4, -0.2) is 22.4 Å². The van der Waals surface area contributed by atoms with Crippen molar-refractivity contribution in [3.05, 3.63) is 23.3 Å². The van der Waals surface area contributed by atoms with E-state index in [1.807, 2.05) is 19.9 Å². The maximum Gasteiger partial charge on any atom is 0.138 e. The first-order chi connectivity index (χ1) is 8.08. The summed E-state index contributed by atoms with van der Waals surface area (Å²) < 4.78 is 0. The fraction of sp³-hybridized carbons (Fsp3) is 0.571. The Morgan fingerprint density at radius 3 is 2.47 bits per heavy atom.